The van der Waals surface area contributed by atoms with Gasteiger partial charge < -0.3 is 20.5 Å². The van der Waals surface area contributed by atoms with Crippen LogP contribution in [0.1, 0.15) is 37.7 Å². The van der Waals surface area contributed by atoms with Crippen LogP contribution in [0.5, 0.6) is 0 Å². The van der Waals surface area contributed by atoms with Crippen molar-refractivity contribution in [3.05, 3.63) is 41.7 Å². The first-order valence-corrected chi connectivity index (χ1v) is 11.6. The molecular formula is C24H24F3N7O. The van der Waals surface area contributed by atoms with Crippen LogP contribution in [0, 0.1) is 23.0 Å². The second-order valence-electron chi connectivity index (χ2n) is 9.07. The number of nitrogens with one attached hydrogen (secondary N) is 3. The van der Waals surface area contributed by atoms with Crippen LogP contribution in [0.4, 0.5) is 23.8 Å². The number of fused-ring (bicyclic) bond motifs is 1. The number of carbonyl (C=O) groups excluding carboxylic acids is 1. The summed E-state index contributed by atoms with van der Waals surface area (Å²) in [4.78, 5) is 25.2. The third-order valence-corrected chi connectivity index (χ3v) is 6.61. The van der Waals surface area contributed by atoms with Crippen molar-refractivity contribution in [3.8, 4) is 17.3 Å². The fraction of sp³-hybridized carbons (Fsp3) is 0.417. The normalized spacial score (nSPS) is 22.2. The number of alkyl halides is 1. The molecule has 3 aromatic rings. The summed E-state index contributed by atoms with van der Waals surface area (Å²) in [7, 11) is 0. The second-order valence-corrected chi connectivity index (χ2v) is 9.07. The van der Waals surface area contributed by atoms with E-state index < -0.39 is 17.8 Å². The number of anilines is 1. The molecule has 182 valence electrons. The fourth-order valence-corrected chi connectivity index (χ4v) is 4.87. The number of urea groups is 1. The maximum Gasteiger partial charge on any atom is 0.317 e. The average molecular weight is 483 g/mol. The molecule has 3 atom stereocenters. The standard InChI is InChI=1S/C24H24F3N7O/c25-14-4-5-34(12-14)24(35)32-17-3-1-2-16(8-17)31-23-20(27)6-13(9-28)21(33-23)19-11-30-22-18(19)7-15(26)10-29-22/h6-7,10-11,14,16-17H,1-5,8,12H2,(H,29,30)(H,31,33)(H,32,35)/t14-,16+,17-/m1/s1. The van der Waals surface area contributed by atoms with Crippen LogP contribution in [-0.4, -0.2) is 57.2 Å². The van der Waals surface area contributed by atoms with Crippen molar-refractivity contribution in [2.45, 2.75) is 50.4 Å². The number of aromatic nitrogens is 3. The Morgan fingerprint density at radius 3 is 2.83 bits per heavy atom. The average Bonchev–Trinajstić information content (AvgIpc) is 3.46. The van der Waals surface area contributed by atoms with Gasteiger partial charge in [0.2, 0.25) is 0 Å². The van der Waals surface area contributed by atoms with Gasteiger partial charge in [0, 0.05) is 35.8 Å². The van der Waals surface area contributed by atoms with Crippen molar-refractivity contribution >= 4 is 22.9 Å². The van der Waals surface area contributed by atoms with Gasteiger partial charge in [-0.3, -0.25) is 0 Å². The predicted octanol–water partition coefficient (Wildman–Crippen LogP) is 4.25. The van der Waals surface area contributed by atoms with E-state index in [0.29, 0.717) is 36.0 Å². The maximum absolute atomic E-state index is 14.9. The zero-order valence-corrected chi connectivity index (χ0v) is 18.8. The van der Waals surface area contributed by atoms with Gasteiger partial charge >= 0.3 is 6.03 Å². The minimum absolute atomic E-state index is 0.0174. The van der Waals surface area contributed by atoms with Crippen LogP contribution in [0.2, 0.25) is 0 Å². The molecule has 2 fully saturated rings. The van der Waals surface area contributed by atoms with Crippen molar-refractivity contribution in [3.63, 3.8) is 0 Å². The van der Waals surface area contributed by atoms with Crippen LogP contribution in [-0.2, 0) is 0 Å². The van der Waals surface area contributed by atoms with E-state index in [0.717, 1.165) is 31.5 Å². The highest BCUT2D eigenvalue weighted by molar-refractivity contribution is 5.94. The maximum atomic E-state index is 14.9. The molecule has 0 unspecified atom stereocenters. The SMILES string of the molecule is N#Cc1cc(F)c(N[C@H]2CCC[C@@H](NC(=O)N3CC[C@@H](F)C3)C2)nc1-c1c[nH]c2ncc(F)cc12. The highest BCUT2D eigenvalue weighted by Crippen LogP contribution is 2.32. The van der Waals surface area contributed by atoms with Gasteiger partial charge in [-0.05, 0) is 44.2 Å². The lowest BCUT2D eigenvalue weighted by atomic mass is 9.91. The number of halogens is 3. The molecule has 1 saturated heterocycles. The number of carbonyl (C=O) groups is 1. The van der Waals surface area contributed by atoms with Crippen molar-refractivity contribution < 1.29 is 18.0 Å². The van der Waals surface area contributed by atoms with E-state index in [-0.39, 0.29) is 41.7 Å². The zero-order valence-electron chi connectivity index (χ0n) is 18.8. The van der Waals surface area contributed by atoms with Gasteiger partial charge in [0.15, 0.2) is 11.6 Å². The quantitative estimate of drug-likeness (QED) is 0.514. The Morgan fingerprint density at radius 1 is 1.23 bits per heavy atom. The van der Waals surface area contributed by atoms with Crippen molar-refractivity contribution in [2.75, 3.05) is 18.4 Å². The smallest absolute Gasteiger partial charge is 0.317 e. The van der Waals surface area contributed by atoms with Crippen LogP contribution in [0.3, 0.4) is 0 Å². The summed E-state index contributed by atoms with van der Waals surface area (Å²) in [5.41, 5.74) is 1.10. The lowest BCUT2D eigenvalue weighted by Gasteiger charge is -2.32. The van der Waals surface area contributed by atoms with Crippen molar-refractivity contribution in [1.29, 1.82) is 5.26 Å². The fourth-order valence-electron chi connectivity index (χ4n) is 4.87. The van der Waals surface area contributed by atoms with E-state index in [1.807, 2.05) is 6.07 Å². The number of pyridine rings is 2. The van der Waals surface area contributed by atoms with Gasteiger partial charge in [0.1, 0.15) is 23.7 Å². The molecule has 35 heavy (non-hydrogen) atoms. The molecule has 3 N–H and O–H groups in total. The first-order chi connectivity index (χ1) is 16.9. The molecule has 2 amide bonds. The highest BCUT2D eigenvalue weighted by Gasteiger charge is 2.30. The van der Waals surface area contributed by atoms with Gasteiger partial charge in [-0.15, -0.1) is 0 Å². The summed E-state index contributed by atoms with van der Waals surface area (Å²) in [6.07, 6.45) is 4.91. The summed E-state index contributed by atoms with van der Waals surface area (Å²) in [5, 5.41) is 16.1. The summed E-state index contributed by atoms with van der Waals surface area (Å²) >= 11 is 0. The molecule has 4 heterocycles. The first-order valence-electron chi connectivity index (χ1n) is 11.6. The Balaban J connectivity index is 1.35. The number of hydrogen-bond donors (Lipinski definition) is 3. The van der Waals surface area contributed by atoms with E-state index in [4.69, 9.17) is 0 Å². The lowest BCUT2D eigenvalue weighted by molar-refractivity contribution is 0.195. The van der Waals surface area contributed by atoms with E-state index in [1.54, 1.807) is 6.20 Å². The number of rotatable bonds is 4. The minimum Gasteiger partial charge on any atom is -0.365 e. The number of H-pyrrole nitrogens is 1. The number of aromatic amines is 1. The molecule has 0 spiro atoms. The Bertz CT molecular complexity index is 1300. The van der Waals surface area contributed by atoms with Gasteiger partial charge in [0.05, 0.1) is 24.0 Å². The predicted molar refractivity (Wildman–Crippen MR) is 123 cm³/mol. The molecule has 0 aromatic carbocycles. The number of likely N-dealkylation sites (tertiary alicyclic amines) is 1. The van der Waals surface area contributed by atoms with Gasteiger partial charge in [-0.25, -0.2) is 27.9 Å². The number of nitriles is 1. The molecule has 0 bridgehead atoms. The van der Waals surface area contributed by atoms with Crippen LogP contribution >= 0.6 is 0 Å². The van der Waals surface area contributed by atoms with Gasteiger partial charge in [-0.2, -0.15) is 5.26 Å². The number of nitrogens with zero attached hydrogens (tertiary/aromatic N) is 4. The Kier molecular flexibility index (Phi) is 6.19. The Morgan fingerprint density at radius 2 is 2.06 bits per heavy atom. The third-order valence-electron chi connectivity index (χ3n) is 6.61. The third kappa shape index (κ3) is 4.73. The molecule has 8 nitrogen and oxygen atoms in total. The van der Waals surface area contributed by atoms with Gasteiger partial charge in [0.25, 0.3) is 0 Å². The molecular weight excluding hydrogens is 459 g/mol. The topological polar surface area (TPSA) is 110 Å². The van der Waals surface area contributed by atoms with E-state index in [2.05, 4.69) is 25.6 Å². The Hall–Kier alpha value is -3.81. The summed E-state index contributed by atoms with van der Waals surface area (Å²) in [6, 6.07) is 3.79. The molecule has 5 rings (SSSR count). The summed E-state index contributed by atoms with van der Waals surface area (Å²) in [6.45, 7) is 0.508. The number of amides is 2. The second kappa shape index (κ2) is 9.44. The van der Waals surface area contributed by atoms with Crippen LogP contribution in [0.25, 0.3) is 22.3 Å². The molecule has 1 aliphatic carbocycles. The molecule has 0 radical (unpaired) electrons. The van der Waals surface area contributed by atoms with E-state index >= 15 is 0 Å². The van der Waals surface area contributed by atoms with Gasteiger partial charge in [-0.1, -0.05) is 0 Å². The molecule has 11 heteroatoms. The van der Waals surface area contributed by atoms with Crippen molar-refractivity contribution in [2.24, 2.45) is 0 Å². The van der Waals surface area contributed by atoms with E-state index in [9.17, 15) is 23.2 Å². The minimum atomic E-state index is -0.981. The monoisotopic (exact) mass is 483 g/mol. The van der Waals surface area contributed by atoms with Crippen molar-refractivity contribution in [1.82, 2.24) is 25.2 Å². The zero-order chi connectivity index (χ0) is 24.5. The highest BCUT2D eigenvalue weighted by atomic mass is 19.1. The molecule has 2 aliphatic rings. The Labute approximate surface area is 199 Å². The number of hydrogen-bond acceptors (Lipinski definition) is 5. The van der Waals surface area contributed by atoms with Crippen LogP contribution in [0.15, 0.2) is 24.5 Å². The summed E-state index contributed by atoms with van der Waals surface area (Å²) in [5.74, 6) is -1.23. The summed E-state index contributed by atoms with van der Waals surface area (Å²) < 4.78 is 42.1. The molecule has 1 saturated carbocycles. The van der Waals surface area contributed by atoms with E-state index in [1.165, 1.54) is 11.0 Å². The molecule has 3 aromatic heterocycles. The molecule has 1 aliphatic heterocycles. The largest absolute Gasteiger partial charge is 0.365 e. The lowest BCUT2D eigenvalue weighted by Crippen LogP contribution is -2.47. The van der Waals surface area contributed by atoms with Crippen LogP contribution < -0.4 is 10.6 Å². The first kappa shape index (κ1) is 23.0.